The second-order valence-corrected chi connectivity index (χ2v) is 9.41. The first-order chi connectivity index (χ1) is 17.9. The number of carbonyl (C=O) groups excluding carboxylic acids is 2. The highest BCUT2D eigenvalue weighted by Crippen LogP contribution is 2.50. The number of carbonyl (C=O) groups is 2. The molecule has 0 bridgehead atoms. The van der Waals surface area contributed by atoms with Gasteiger partial charge in [-0.2, -0.15) is 5.10 Å². The van der Waals surface area contributed by atoms with E-state index in [-0.39, 0.29) is 18.9 Å². The SMILES string of the molecule is CCOC(=O)C1=C(C)NC(=O)[C@@]2(CC(c3ccccc3F)=NN2c2ccc(Cl)cc2)[C@H]1c1ccccc1. The minimum atomic E-state index is -1.42. The Kier molecular flexibility index (Phi) is 6.56. The molecule has 1 N–H and O–H groups in total. The Labute approximate surface area is 219 Å². The lowest BCUT2D eigenvalue weighted by atomic mass is 9.68. The Hall–Kier alpha value is -3.97. The quantitative estimate of drug-likeness (QED) is 0.448. The summed E-state index contributed by atoms with van der Waals surface area (Å²) in [5.74, 6) is -2.08. The molecule has 0 saturated heterocycles. The van der Waals surface area contributed by atoms with Crippen molar-refractivity contribution in [3.8, 4) is 0 Å². The van der Waals surface area contributed by atoms with Gasteiger partial charge in [-0.15, -0.1) is 0 Å². The first kappa shape index (κ1) is 24.7. The molecule has 2 heterocycles. The van der Waals surface area contributed by atoms with Crippen LogP contribution in [0.15, 0.2) is 95.2 Å². The number of hydrogen-bond acceptors (Lipinski definition) is 5. The lowest BCUT2D eigenvalue weighted by Gasteiger charge is -2.46. The van der Waals surface area contributed by atoms with E-state index in [0.29, 0.717) is 33.3 Å². The number of ether oxygens (including phenoxy) is 1. The van der Waals surface area contributed by atoms with E-state index in [0.717, 1.165) is 5.56 Å². The highest BCUT2D eigenvalue weighted by atomic mass is 35.5. The molecule has 2 atom stereocenters. The Bertz CT molecular complexity index is 1420. The molecule has 6 nitrogen and oxygen atoms in total. The van der Waals surface area contributed by atoms with Crippen molar-refractivity contribution in [3.05, 3.63) is 112 Å². The number of hydrogen-bond donors (Lipinski definition) is 1. The van der Waals surface area contributed by atoms with Crippen molar-refractivity contribution in [2.75, 3.05) is 11.6 Å². The van der Waals surface area contributed by atoms with Crippen molar-refractivity contribution in [2.45, 2.75) is 31.7 Å². The maximum absolute atomic E-state index is 15.0. The molecular weight excluding hydrogens is 493 g/mol. The van der Waals surface area contributed by atoms with Gasteiger partial charge in [-0.1, -0.05) is 60.1 Å². The predicted molar refractivity (Wildman–Crippen MR) is 141 cm³/mol. The first-order valence-electron chi connectivity index (χ1n) is 12.0. The molecule has 3 aromatic rings. The van der Waals surface area contributed by atoms with Crippen LogP contribution in [0, 0.1) is 5.82 Å². The molecule has 3 aromatic carbocycles. The van der Waals surface area contributed by atoms with Crippen LogP contribution in [-0.2, 0) is 14.3 Å². The molecule has 2 aliphatic rings. The summed E-state index contributed by atoms with van der Waals surface area (Å²) in [6, 6.07) is 22.6. The van der Waals surface area contributed by atoms with Crippen LogP contribution in [-0.4, -0.2) is 29.7 Å². The molecule has 1 amide bonds. The minimum Gasteiger partial charge on any atom is -0.463 e. The van der Waals surface area contributed by atoms with E-state index >= 15 is 0 Å². The summed E-state index contributed by atoms with van der Waals surface area (Å²) >= 11 is 6.16. The van der Waals surface area contributed by atoms with Crippen LogP contribution in [0.4, 0.5) is 10.1 Å². The van der Waals surface area contributed by atoms with Gasteiger partial charge in [-0.25, -0.2) is 14.2 Å². The van der Waals surface area contributed by atoms with Crippen LogP contribution in [0.3, 0.4) is 0 Å². The normalized spacial score (nSPS) is 21.2. The van der Waals surface area contributed by atoms with Gasteiger partial charge >= 0.3 is 5.97 Å². The van der Waals surface area contributed by atoms with Gasteiger partial charge in [-0.05, 0) is 49.7 Å². The van der Waals surface area contributed by atoms with Crippen molar-refractivity contribution in [1.29, 1.82) is 0 Å². The molecule has 37 heavy (non-hydrogen) atoms. The summed E-state index contributed by atoms with van der Waals surface area (Å²) in [4.78, 5) is 27.5. The molecule has 0 aromatic heterocycles. The molecule has 0 fully saturated rings. The van der Waals surface area contributed by atoms with Crippen molar-refractivity contribution >= 4 is 34.9 Å². The van der Waals surface area contributed by atoms with Crippen molar-refractivity contribution in [3.63, 3.8) is 0 Å². The number of halogens is 2. The van der Waals surface area contributed by atoms with Gasteiger partial charge in [0.15, 0.2) is 5.54 Å². The lowest BCUT2D eigenvalue weighted by Crippen LogP contribution is -2.62. The predicted octanol–water partition coefficient (Wildman–Crippen LogP) is 5.58. The monoisotopic (exact) mass is 517 g/mol. The van der Waals surface area contributed by atoms with Gasteiger partial charge in [0.05, 0.1) is 29.5 Å². The summed E-state index contributed by atoms with van der Waals surface area (Å²) in [6.07, 6.45) is 0.0537. The lowest BCUT2D eigenvalue weighted by molar-refractivity contribution is -0.139. The van der Waals surface area contributed by atoms with E-state index in [2.05, 4.69) is 5.32 Å². The number of benzene rings is 3. The zero-order chi connectivity index (χ0) is 26.2. The van der Waals surface area contributed by atoms with Crippen LogP contribution < -0.4 is 10.3 Å². The Balaban J connectivity index is 1.78. The van der Waals surface area contributed by atoms with E-state index < -0.39 is 23.2 Å². The average molecular weight is 518 g/mol. The van der Waals surface area contributed by atoms with Crippen molar-refractivity contribution in [1.82, 2.24) is 5.32 Å². The molecule has 2 aliphatic heterocycles. The number of amides is 1. The molecule has 0 radical (unpaired) electrons. The molecule has 8 heteroatoms. The maximum atomic E-state index is 15.0. The van der Waals surface area contributed by atoms with Crippen LogP contribution in [0.1, 0.15) is 37.3 Å². The third-order valence-corrected chi connectivity index (χ3v) is 7.04. The third-order valence-electron chi connectivity index (χ3n) is 6.78. The summed E-state index contributed by atoms with van der Waals surface area (Å²) < 4.78 is 20.4. The van der Waals surface area contributed by atoms with Crippen LogP contribution >= 0.6 is 11.6 Å². The van der Waals surface area contributed by atoms with E-state index in [1.807, 2.05) is 30.3 Å². The molecule has 0 unspecified atom stereocenters. The number of hydrazone groups is 1. The topological polar surface area (TPSA) is 71.0 Å². The number of allylic oxidation sites excluding steroid dienone is 1. The van der Waals surface area contributed by atoms with Gasteiger partial charge in [0.1, 0.15) is 5.82 Å². The summed E-state index contributed by atoms with van der Waals surface area (Å²) in [5, 5.41) is 9.84. The molecule has 1 spiro atoms. The standard InChI is InChI=1S/C29H25ClFN3O3/c1-3-37-27(35)25-18(2)32-28(36)29(26(25)19-9-5-4-6-10-19)17-24(22-11-7-8-12-23(22)31)33-34(29)21-15-13-20(30)14-16-21/h4-16,26H,3,17H2,1-2H3,(H,32,36)/t26-,29+/m0/s1. The fourth-order valence-electron chi connectivity index (χ4n) is 5.19. The van der Waals surface area contributed by atoms with Gasteiger partial charge in [0, 0.05) is 22.7 Å². The minimum absolute atomic E-state index is 0.0537. The van der Waals surface area contributed by atoms with E-state index in [1.54, 1.807) is 61.3 Å². The molecule has 0 aliphatic carbocycles. The third kappa shape index (κ3) is 4.19. The van der Waals surface area contributed by atoms with E-state index in [9.17, 15) is 14.0 Å². The highest BCUT2D eigenvalue weighted by molar-refractivity contribution is 6.30. The average Bonchev–Trinajstić information content (AvgIpc) is 3.28. The highest BCUT2D eigenvalue weighted by Gasteiger charge is 2.60. The van der Waals surface area contributed by atoms with Crippen molar-refractivity contribution < 1.29 is 18.7 Å². The molecule has 0 saturated carbocycles. The second-order valence-electron chi connectivity index (χ2n) is 8.97. The molecule has 5 rings (SSSR count). The summed E-state index contributed by atoms with van der Waals surface area (Å²) in [7, 11) is 0. The van der Waals surface area contributed by atoms with E-state index in [4.69, 9.17) is 21.4 Å². The van der Waals surface area contributed by atoms with Gasteiger partial charge in [0.25, 0.3) is 5.91 Å². The second kappa shape index (κ2) is 9.82. The Morgan fingerprint density at radius 1 is 1.11 bits per heavy atom. The zero-order valence-corrected chi connectivity index (χ0v) is 21.1. The summed E-state index contributed by atoms with van der Waals surface area (Å²) in [5.41, 5.74) is 1.33. The van der Waals surface area contributed by atoms with Crippen LogP contribution in [0.2, 0.25) is 5.02 Å². The fraction of sp³-hybridized carbons (Fsp3) is 0.207. The van der Waals surface area contributed by atoms with Gasteiger partial charge in [-0.3, -0.25) is 4.79 Å². The van der Waals surface area contributed by atoms with Gasteiger partial charge < -0.3 is 10.1 Å². The van der Waals surface area contributed by atoms with Crippen LogP contribution in [0.5, 0.6) is 0 Å². The van der Waals surface area contributed by atoms with E-state index in [1.165, 1.54) is 6.07 Å². The Morgan fingerprint density at radius 2 is 1.78 bits per heavy atom. The Morgan fingerprint density at radius 3 is 2.46 bits per heavy atom. The summed E-state index contributed by atoms with van der Waals surface area (Å²) in [6.45, 7) is 3.60. The van der Waals surface area contributed by atoms with Gasteiger partial charge in [0.2, 0.25) is 0 Å². The smallest absolute Gasteiger partial charge is 0.336 e. The number of rotatable bonds is 5. The van der Waals surface area contributed by atoms with Crippen LogP contribution in [0.25, 0.3) is 0 Å². The number of anilines is 1. The maximum Gasteiger partial charge on any atom is 0.336 e. The largest absolute Gasteiger partial charge is 0.463 e. The number of nitrogens with one attached hydrogen (secondary N) is 1. The number of nitrogens with zero attached hydrogens (tertiary/aromatic N) is 2. The first-order valence-corrected chi connectivity index (χ1v) is 12.4. The molecule has 188 valence electrons. The number of esters is 1. The fourth-order valence-corrected chi connectivity index (χ4v) is 5.32. The molecular formula is C29H25ClFN3O3. The van der Waals surface area contributed by atoms with Crippen molar-refractivity contribution in [2.24, 2.45) is 5.10 Å². The zero-order valence-electron chi connectivity index (χ0n) is 20.4.